The first kappa shape index (κ1) is 11.9. The summed E-state index contributed by atoms with van der Waals surface area (Å²) in [5, 5.41) is 9.80. The molecule has 0 spiro atoms. The Morgan fingerprint density at radius 1 is 1.39 bits per heavy atom. The molecule has 2 aliphatic heterocycles. The van der Waals surface area contributed by atoms with Crippen molar-refractivity contribution in [1.29, 1.82) is 0 Å². The maximum atomic E-state index is 9.80. The van der Waals surface area contributed by atoms with Crippen LogP contribution in [0.1, 0.15) is 31.2 Å². The predicted molar refractivity (Wildman–Crippen MR) is 69.6 cm³/mol. The average Bonchev–Trinajstić information content (AvgIpc) is 2.62. The zero-order valence-corrected chi connectivity index (χ0v) is 10.4. The summed E-state index contributed by atoms with van der Waals surface area (Å²) in [5.74, 6) is 6.24. The van der Waals surface area contributed by atoms with Gasteiger partial charge in [0.2, 0.25) is 0 Å². The van der Waals surface area contributed by atoms with Gasteiger partial charge in [0.05, 0.1) is 6.10 Å². The summed E-state index contributed by atoms with van der Waals surface area (Å²) >= 11 is 0. The van der Waals surface area contributed by atoms with Crippen molar-refractivity contribution >= 4 is 5.82 Å². The van der Waals surface area contributed by atoms with Crippen LogP contribution in [0.25, 0.3) is 0 Å². The molecule has 18 heavy (non-hydrogen) atoms. The van der Waals surface area contributed by atoms with Gasteiger partial charge in [0.1, 0.15) is 5.82 Å². The van der Waals surface area contributed by atoms with E-state index >= 15 is 0 Å². The minimum absolute atomic E-state index is 0.111. The Balaban J connectivity index is 1.77. The van der Waals surface area contributed by atoms with E-state index in [0.717, 1.165) is 30.8 Å². The zero-order valence-electron chi connectivity index (χ0n) is 10.4. The van der Waals surface area contributed by atoms with E-state index in [1.165, 1.54) is 12.8 Å². The molecular weight excluding hydrogens is 228 g/mol. The second-order valence-corrected chi connectivity index (χ2v) is 5.34. The molecule has 2 atom stereocenters. The lowest BCUT2D eigenvalue weighted by Crippen LogP contribution is -2.44. The number of rotatable bonds is 3. The van der Waals surface area contributed by atoms with E-state index in [4.69, 9.17) is 5.84 Å². The average molecular weight is 248 g/mol. The maximum Gasteiger partial charge on any atom is 0.144 e. The molecule has 2 aliphatic rings. The molecule has 0 radical (unpaired) electrons. The number of anilines is 1. The van der Waals surface area contributed by atoms with Crippen molar-refractivity contribution in [2.45, 2.75) is 50.4 Å². The standard InChI is InChI=1S/C13H20N4O/c14-16-13-9(2-1-5-15-13)8-17-10-3-4-11(17)7-12(18)6-10/h1-2,5,10-12,18H,3-4,6-8,14H2,(H,15,16). The Labute approximate surface area is 107 Å². The van der Waals surface area contributed by atoms with E-state index in [2.05, 4.69) is 21.4 Å². The fraction of sp³-hybridized carbons (Fsp3) is 0.615. The van der Waals surface area contributed by atoms with Crippen LogP contribution in [-0.2, 0) is 6.54 Å². The quantitative estimate of drug-likeness (QED) is 0.546. The van der Waals surface area contributed by atoms with Gasteiger partial charge < -0.3 is 10.5 Å². The lowest BCUT2D eigenvalue weighted by atomic mass is 9.99. The van der Waals surface area contributed by atoms with Crippen molar-refractivity contribution in [3.8, 4) is 0 Å². The molecule has 2 unspecified atom stereocenters. The molecule has 2 saturated heterocycles. The summed E-state index contributed by atoms with van der Waals surface area (Å²) < 4.78 is 0. The molecule has 0 saturated carbocycles. The lowest BCUT2D eigenvalue weighted by Gasteiger charge is -2.37. The molecule has 5 nitrogen and oxygen atoms in total. The number of nitrogens with zero attached hydrogens (tertiary/aromatic N) is 2. The maximum absolute atomic E-state index is 9.80. The molecule has 5 heteroatoms. The summed E-state index contributed by atoms with van der Waals surface area (Å²) in [6.07, 6.45) is 5.85. The van der Waals surface area contributed by atoms with Crippen LogP contribution in [0.5, 0.6) is 0 Å². The number of nitrogen functional groups attached to an aromatic ring is 1. The van der Waals surface area contributed by atoms with Gasteiger partial charge in [0.25, 0.3) is 0 Å². The molecule has 2 bridgehead atoms. The van der Waals surface area contributed by atoms with Gasteiger partial charge in [-0.1, -0.05) is 6.07 Å². The predicted octanol–water partition coefficient (Wildman–Crippen LogP) is 0.855. The Morgan fingerprint density at radius 2 is 2.11 bits per heavy atom. The van der Waals surface area contributed by atoms with Crippen molar-refractivity contribution < 1.29 is 5.11 Å². The number of hydrazine groups is 1. The van der Waals surface area contributed by atoms with E-state index in [1.54, 1.807) is 6.20 Å². The van der Waals surface area contributed by atoms with Crippen molar-refractivity contribution in [2.75, 3.05) is 5.43 Å². The van der Waals surface area contributed by atoms with Crippen LogP contribution in [0.3, 0.4) is 0 Å². The van der Waals surface area contributed by atoms with Crippen molar-refractivity contribution in [3.05, 3.63) is 23.9 Å². The van der Waals surface area contributed by atoms with Crippen LogP contribution in [-0.4, -0.2) is 33.2 Å². The molecule has 1 aromatic rings. The van der Waals surface area contributed by atoms with E-state index in [0.29, 0.717) is 12.1 Å². The number of hydrogen-bond acceptors (Lipinski definition) is 5. The molecule has 1 aromatic heterocycles. The van der Waals surface area contributed by atoms with E-state index < -0.39 is 0 Å². The van der Waals surface area contributed by atoms with Crippen molar-refractivity contribution in [1.82, 2.24) is 9.88 Å². The first-order valence-corrected chi connectivity index (χ1v) is 6.62. The van der Waals surface area contributed by atoms with Crippen LogP contribution >= 0.6 is 0 Å². The Kier molecular flexibility index (Phi) is 3.20. The molecule has 4 N–H and O–H groups in total. The van der Waals surface area contributed by atoms with Crippen molar-refractivity contribution in [2.24, 2.45) is 5.84 Å². The monoisotopic (exact) mass is 248 g/mol. The summed E-state index contributed by atoms with van der Waals surface area (Å²) in [6.45, 7) is 0.870. The number of piperidine rings is 1. The van der Waals surface area contributed by atoms with Gasteiger partial charge in [-0.15, -0.1) is 0 Å². The molecule has 0 aliphatic carbocycles. The number of aromatic nitrogens is 1. The van der Waals surface area contributed by atoms with Gasteiger partial charge in [-0.25, -0.2) is 10.8 Å². The van der Waals surface area contributed by atoms with Crippen LogP contribution in [0.2, 0.25) is 0 Å². The van der Waals surface area contributed by atoms with Gasteiger partial charge in [-0.3, -0.25) is 4.90 Å². The SMILES string of the molecule is NNc1ncccc1CN1C2CCC1CC(O)C2. The van der Waals surface area contributed by atoms with Crippen LogP contribution in [0.15, 0.2) is 18.3 Å². The van der Waals surface area contributed by atoms with E-state index in [1.807, 2.05) is 6.07 Å². The van der Waals surface area contributed by atoms with E-state index in [-0.39, 0.29) is 6.10 Å². The Bertz CT molecular complexity index is 411. The third kappa shape index (κ3) is 2.09. The summed E-state index contributed by atoms with van der Waals surface area (Å²) in [5.41, 5.74) is 3.79. The van der Waals surface area contributed by atoms with Gasteiger partial charge in [-0.2, -0.15) is 0 Å². The minimum atomic E-state index is -0.111. The smallest absolute Gasteiger partial charge is 0.144 e. The van der Waals surface area contributed by atoms with Gasteiger partial charge in [0.15, 0.2) is 0 Å². The largest absolute Gasteiger partial charge is 0.393 e. The number of fused-ring (bicyclic) bond motifs is 2. The second kappa shape index (κ2) is 4.84. The van der Waals surface area contributed by atoms with Crippen LogP contribution in [0, 0.1) is 0 Å². The number of aliphatic hydroxyl groups is 1. The number of pyridine rings is 1. The highest BCUT2D eigenvalue weighted by Crippen LogP contribution is 2.37. The lowest BCUT2D eigenvalue weighted by molar-refractivity contribution is 0.0311. The highest BCUT2D eigenvalue weighted by Gasteiger charge is 2.40. The highest BCUT2D eigenvalue weighted by atomic mass is 16.3. The molecule has 3 heterocycles. The number of hydrogen-bond donors (Lipinski definition) is 3. The first-order valence-electron chi connectivity index (χ1n) is 6.62. The fourth-order valence-electron chi connectivity index (χ4n) is 3.40. The molecule has 98 valence electrons. The molecule has 0 aromatic carbocycles. The van der Waals surface area contributed by atoms with Gasteiger partial charge in [0, 0.05) is 30.4 Å². The minimum Gasteiger partial charge on any atom is -0.393 e. The topological polar surface area (TPSA) is 74.4 Å². The molecular formula is C13H20N4O. The molecule has 3 rings (SSSR count). The third-order valence-electron chi connectivity index (χ3n) is 4.24. The Morgan fingerprint density at radius 3 is 2.78 bits per heavy atom. The summed E-state index contributed by atoms with van der Waals surface area (Å²) in [4.78, 5) is 6.74. The third-order valence-corrected chi connectivity index (χ3v) is 4.24. The number of nitrogens with one attached hydrogen (secondary N) is 1. The molecule has 2 fully saturated rings. The van der Waals surface area contributed by atoms with E-state index in [9.17, 15) is 5.11 Å². The fourth-order valence-corrected chi connectivity index (χ4v) is 3.40. The second-order valence-electron chi connectivity index (χ2n) is 5.34. The summed E-state index contributed by atoms with van der Waals surface area (Å²) in [6, 6.07) is 5.04. The molecule has 0 amide bonds. The van der Waals surface area contributed by atoms with Gasteiger partial charge in [-0.05, 0) is 31.7 Å². The van der Waals surface area contributed by atoms with Crippen molar-refractivity contribution in [3.63, 3.8) is 0 Å². The number of nitrogens with two attached hydrogens (primary N) is 1. The van der Waals surface area contributed by atoms with Crippen LogP contribution < -0.4 is 11.3 Å². The zero-order chi connectivity index (χ0) is 12.5. The highest BCUT2D eigenvalue weighted by molar-refractivity contribution is 5.42. The normalized spacial score (nSPS) is 31.6. The summed E-state index contributed by atoms with van der Waals surface area (Å²) in [7, 11) is 0. The Hall–Kier alpha value is -1.17. The number of aliphatic hydroxyl groups excluding tert-OH is 1. The van der Waals surface area contributed by atoms with Gasteiger partial charge >= 0.3 is 0 Å². The first-order chi connectivity index (χ1) is 8.78. The van der Waals surface area contributed by atoms with Crippen LogP contribution in [0.4, 0.5) is 5.82 Å².